The highest BCUT2D eigenvalue weighted by atomic mass is 16.7. The van der Waals surface area contributed by atoms with Crippen molar-refractivity contribution in [3.8, 4) is 0 Å². The summed E-state index contributed by atoms with van der Waals surface area (Å²) in [6, 6.07) is 0. The van der Waals surface area contributed by atoms with E-state index in [0.29, 0.717) is 0 Å². The van der Waals surface area contributed by atoms with E-state index < -0.39 is 24.6 Å². The summed E-state index contributed by atoms with van der Waals surface area (Å²) in [5.41, 5.74) is 0. The summed E-state index contributed by atoms with van der Waals surface area (Å²) in [5.74, 6) is -0.303. The fraction of sp³-hybridized carbons (Fsp3) is 1.00. The van der Waals surface area contributed by atoms with E-state index in [1.807, 2.05) is 0 Å². The fourth-order valence-electron chi connectivity index (χ4n) is 1.49. The van der Waals surface area contributed by atoms with Crippen molar-refractivity contribution in [1.29, 1.82) is 0 Å². The summed E-state index contributed by atoms with van der Waals surface area (Å²) in [5, 5.41) is 27.8. The molecule has 0 aromatic rings. The van der Waals surface area contributed by atoms with Crippen LogP contribution in [0, 0.1) is 5.92 Å². The Balaban J connectivity index is 2.66. The second-order valence-electron chi connectivity index (χ2n) is 3.30. The molecule has 78 valence electrons. The molecule has 5 atom stereocenters. The molecule has 0 aromatic heterocycles. The number of hydrogen-bond acceptors (Lipinski definition) is 5. The van der Waals surface area contributed by atoms with Crippen molar-refractivity contribution in [2.75, 3.05) is 13.7 Å². The zero-order chi connectivity index (χ0) is 10.0. The lowest BCUT2D eigenvalue weighted by molar-refractivity contribution is -0.274. The zero-order valence-corrected chi connectivity index (χ0v) is 7.75. The topological polar surface area (TPSA) is 79.2 Å². The molecule has 0 radical (unpaired) electrons. The van der Waals surface area contributed by atoms with Gasteiger partial charge in [0.2, 0.25) is 0 Å². The highest BCUT2D eigenvalue weighted by Gasteiger charge is 2.41. The molecule has 0 amide bonds. The predicted molar refractivity (Wildman–Crippen MR) is 43.9 cm³/mol. The fourth-order valence-corrected chi connectivity index (χ4v) is 1.49. The largest absolute Gasteiger partial charge is 0.394 e. The molecule has 5 heteroatoms. The molecule has 0 spiro atoms. The van der Waals surface area contributed by atoms with Crippen molar-refractivity contribution in [3.05, 3.63) is 0 Å². The lowest BCUT2D eigenvalue weighted by Crippen LogP contribution is -2.55. The first kappa shape index (κ1) is 10.9. The summed E-state index contributed by atoms with van der Waals surface area (Å²) < 4.78 is 10.1. The monoisotopic (exact) mass is 192 g/mol. The van der Waals surface area contributed by atoms with Gasteiger partial charge in [-0.25, -0.2) is 0 Å². The van der Waals surface area contributed by atoms with Crippen LogP contribution in [-0.2, 0) is 9.47 Å². The van der Waals surface area contributed by atoms with Crippen molar-refractivity contribution in [2.45, 2.75) is 31.5 Å². The van der Waals surface area contributed by atoms with Gasteiger partial charge < -0.3 is 24.8 Å². The molecule has 0 bridgehead atoms. The standard InChI is InChI=1S/C8H16O5/c1-4-6(10)7(11)5(3-9)13-8(4)12-2/h4-11H,3H2,1-2H3/t4-,5-,6-,7+,8-/m1/s1. The molecule has 0 unspecified atom stereocenters. The van der Waals surface area contributed by atoms with Crippen LogP contribution in [0.5, 0.6) is 0 Å². The van der Waals surface area contributed by atoms with Crippen molar-refractivity contribution in [3.63, 3.8) is 0 Å². The lowest BCUT2D eigenvalue weighted by atomic mass is 9.93. The third-order valence-electron chi connectivity index (χ3n) is 2.42. The van der Waals surface area contributed by atoms with E-state index in [4.69, 9.17) is 14.6 Å². The summed E-state index contributed by atoms with van der Waals surface area (Å²) >= 11 is 0. The molecule has 1 aliphatic heterocycles. The molecular formula is C8H16O5. The van der Waals surface area contributed by atoms with E-state index >= 15 is 0 Å². The average molecular weight is 192 g/mol. The average Bonchev–Trinajstić information content (AvgIpc) is 2.15. The van der Waals surface area contributed by atoms with Gasteiger partial charge in [-0.05, 0) is 0 Å². The number of aliphatic hydroxyl groups is 3. The summed E-state index contributed by atoms with van der Waals surface area (Å²) in [6.45, 7) is 1.39. The molecule has 1 saturated heterocycles. The highest BCUT2D eigenvalue weighted by Crippen LogP contribution is 2.25. The number of ether oxygens (including phenoxy) is 2. The summed E-state index contributed by atoms with van der Waals surface area (Å²) in [7, 11) is 1.46. The molecule has 13 heavy (non-hydrogen) atoms. The zero-order valence-electron chi connectivity index (χ0n) is 7.75. The number of methoxy groups -OCH3 is 1. The molecule has 1 rings (SSSR count). The Morgan fingerprint density at radius 2 is 1.92 bits per heavy atom. The van der Waals surface area contributed by atoms with E-state index in [-0.39, 0.29) is 12.5 Å². The van der Waals surface area contributed by atoms with E-state index in [1.54, 1.807) is 6.92 Å². The Morgan fingerprint density at radius 3 is 2.38 bits per heavy atom. The van der Waals surface area contributed by atoms with Crippen molar-refractivity contribution >= 4 is 0 Å². The number of aliphatic hydroxyl groups excluding tert-OH is 3. The maximum Gasteiger partial charge on any atom is 0.162 e. The molecule has 1 aliphatic rings. The molecule has 0 saturated carbocycles. The van der Waals surface area contributed by atoms with E-state index in [0.717, 1.165) is 0 Å². The maximum atomic E-state index is 9.53. The predicted octanol–water partition coefficient (Wildman–Crippen LogP) is -1.29. The van der Waals surface area contributed by atoms with Crippen LogP contribution in [0.4, 0.5) is 0 Å². The third kappa shape index (κ3) is 2.00. The number of hydrogen-bond donors (Lipinski definition) is 3. The molecular weight excluding hydrogens is 176 g/mol. The molecule has 1 heterocycles. The van der Waals surface area contributed by atoms with Crippen LogP contribution >= 0.6 is 0 Å². The molecule has 0 aromatic carbocycles. The van der Waals surface area contributed by atoms with Gasteiger partial charge in [0, 0.05) is 13.0 Å². The Bertz CT molecular complexity index is 143. The second-order valence-corrected chi connectivity index (χ2v) is 3.30. The van der Waals surface area contributed by atoms with Gasteiger partial charge in [-0.15, -0.1) is 0 Å². The maximum absolute atomic E-state index is 9.53. The van der Waals surface area contributed by atoms with Gasteiger partial charge >= 0.3 is 0 Å². The van der Waals surface area contributed by atoms with Gasteiger partial charge in [-0.3, -0.25) is 0 Å². The molecule has 3 N–H and O–H groups in total. The quantitative estimate of drug-likeness (QED) is 0.507. The first-order chi connectivity index (χ1) is 6.11. The van der Waals surface area contributed by atoms with Gasteiger partial charge in [0.25, 0.3) is 0 Å². The summed E-state index contributed by atoms with van der Waals surface area (Å²) in [6.07, 6.45) is -3.31. The lowest BCUT2D eigenvalue weighted by Gasteiger charge is -2.40. The van der Waals surface area contributed by atoms with Gasteiger partial charge in [0.15, 0.2) is 6.29 Å². The second kappa shape index (κ2) is 4.34. The Hall–Kier alpha value is -0.200. The molecule has 5 nitrogen and oxygen atoms in total. The first-order valence-electron chi connectivity index (χ1n) is 4.27. The van der Waals surface area contributed by atoms with E-state index in [2.05, 4.69) is 0 Å². The van der Waals surface area contributed by atoms with Crippen LogP contribution in [-0.4, -0.2) is 53.6 Å². The van der Waals surface area contributed by atoms with Crippen LogP contribution in [0.15, 0.2) is 0 Å². The highest BCUT2D eigenvalue weighted by molar-refractivity contribution is 4.86. The molecule has 0 aliphatic carbocycles. The third-order valence-corrected chi connectivity index (χ3v) is 2.42. The first-order valence-corrected chi connectivity index (χ1v) is 4.27. The van der Waals surface area contributed by atoms with E-state index in [1.165, 1.54) is 7.11 Å². The van der Waals surface area contributed by atoms with Crippen LogP contribution in [0.25, 0.3) is 0 Å². The minimum absolute atomic E-state index is 0.303. The van der Waals surface area contributed by atoms with Crippen molar-refractivity contribution in [2.24, 2.45) is 5.92 Å². The van der Waals surface area contributed by atoms with Crippen LogP contribution in [0.3, 0.4) is 0 Å². The van der Waals surface area contributed by atoms with Gasteiger partial charge in [-0.2, -0.15) is 0 Å². The number of rotatable bonds is 2. The SMILES string of the molecule is CO[C@@H]1O[C@H](CO)[C@H](O)[C@H](O)[C@H]1C. The smallest absolute Gasteiger partial charge is 0.162 e. The minimum Gasteiger partial charge on any atom is -0.394 e. The van der Waals surface area contributed by atoms with Crippen LogP contribution in [0.2, 0.25) is 0 Å². The Kier molecular flexibility index (Phi) is 3.63. The van der Waals surface area contributed by atoms with Crippen molar-refractivity contribution in [1.82, 2.24) is 0 Å². The normalized spacial score (nSPS) is 46.4. The van der Waals surface area contributed by atoms with Gasteiger partial charge in [-0.1, -0.05) is 6.92 Å². The Morgan fingerprint density at radius 1 is 1.31 bits per heavy atom. The van der Waals surface area contributed by atoms with Gasteiger partial charge in [0.05, 0.1) is 12.7 Å². The summed E-state index contributed by atoms with van der Waals surface area (Å²) in [4.78, 5) is 0. The van der Waals surface area contributed by atoms with Crippen molar-refractivity contribution < 1.29 is 24.8 Å². The minimum atomic E-state index is -1.05. The van der Waals surface area contributed by atoms with Gasteiger partial charge in [0.1, 0.15) is 12.2 Å². The van der Waals surface area contributed by atoms with E-state index in [9.17, 15) is 10.2 Å². The molecule has 1 fully saturated rings. The van der Waals surface area contributed by atoms with Crippen LogP contribution in [0.1, 0.15) is 6.92 Å². The van der Waals surface area contributed by atoms with Crippen LogP contribution < -0.4 is 0 Å². The Labute approximate surface area is 76.9 Å².